The molecule has 1 aliphatic rings. The van der Waals surface area contributed by atoms with Crippen LogP contribution in [0.25, 0.3) is 0 Å². The number of hydrogen-bond donors (Lipinski definition) is 3. The number of H-pyrrole nitrogens is 1. The fraction of sp³-hybridized carbons (Fsp3) is 0.388. The number of nitrogens with zero attached hydrogens (tertiary/aromatic N) is 1. The number of aromatic nitrogens is 2. The van der Waals surface area contributed by atoms with Gasteiger partial charge in [0.25, 0.3) is 11.5 Å². The molecule has 1 aliphatic heterocycles. The van der Waals surface area contributed by atoms with Gasteiger partial charge in [-0.1, -0.05) is 94.4 Å². The van der Waals surface area contributed by atoms with E-state index in [1.54, 1.807) is 28.2 Å². The number of carbonyl (C=O) groups excluding carboxylic acids is 2. The molecular formula is C49H60N4O9Si. The lowest BCUT2D eigenvalue weighted by molar-refractivity contribution is -0.120. The summed E-state index contributed by atoms with van der Waals surface area (Å²) in [5.41, 5.74) is 1.42. The van der Waals surface area contributed by atoms with Crippen molar-refractivity contribution in [1.29, 1.82) is 0 Å². The van der Waals surface area contributed by atoms with Gasteiger partial charge in [0.15, 0.2) is 0 Å². The number of methoxy groups -OCH3 is 2. The summed E-state index contributed by atoms with van der Waals surface area (Å²) in [6, 6.07) is 33.3. The Bertz CT molecular complexity index is 2360. The fourth-order valence-electron chi connectivity index (χ4n) is 8.71. The SMILES string of the molecule is CNC(=O)CCCNC(=O)c1ccc([Si](OC2C[C@H](n3cc(C)c(=O)[nH]c3=O)O[C@@H]2COC(c2ccccc2)(c2ccc(OC)cc2)c2ccc(OC)cc2)(C(C)C)C(C)C)cc1. The maximum atomic E-state index is 13.4. The average molecular weight is 877 g/mol. The van der Waals surface area contributed by atoms with E-state index >= 15 is 0 Å². The minimum atomic E-state index is -2.98. The highest BCUT2D eigenvalue weighted by Crippen LogP contribution is 2.44. The van der Waals surface area contributed by atoms with Gasteiger partial charge in [0.05, 0.1) is 26.9 Å². The highest BCUT2D eigenvalue weighted by molar-refractivity contribution is 6.88. The zero-order valence-corrected chi connectivity index (χ0v) is 38.4. The van der Waals surface area contributed by atoms with Gasteiger partial charge in [-0.25, -0.2) is 4.79 Å². The van der Waals surface area contributed by atoms with Crippen LogP contribution in [-0.2, 0) is 24.3 Å². The van der Waals surface area contributed by atoms with Gasteiger partial charge in [-0.2, -0.15) is 0 Å². The fourth-order valence-corrected chi connectivity index (χ4v) is 13.5. The van der Waals surface area contributed by atoms with Crippen molar-refractivity contribution in [2.45, 2.75) is 89.0 Å². The Labute approximate surface area is 370 Å². The van der Waals surface area contributed by atoms with Crippen molar-refractivity contribution in [3.63, 3.8) is 0 Å². The van der Waals surface area contributed by atoms with Crippen molar-refractivity contribution in [3.05, 3.63) is 158 Å². The van der Waals surface area contributed by atoms with E-state index in [2.05, 4.69) is 43.3 Å². The molecule has 1 saturated heterocycles. The topological polar surface area (TPSA) is 159 Å². The van der Waals surface area contributed by atoms with Crippen LogP contribution in [0.1, 0.15) is 85.8 Å². The highest BCUT2D eigenvalue weighted by atomic mass is 28.4. The molecule has 0 aliphatic carbocycles. The van der Waals surface area contributed by atoms with Crippen molar-refractivity contribution in [1.82, 2.24) is 20.2 Å². The molecule has 4 aromatic carbocycles. The number of nitrogens with one attached hydrogen (secondary N) is 3. The quantitative estimate of drug-likeness (QED) is 0.0480. The van der Waals surface area contributed by atoms with E-state index in [4.69, 9.17) is 23.4 Å². The molecular weight excluding hydrogens is 817 g/mol. The third-order valence-corrected chi connectivity index (χ3v) is 17.4. The first kappa shape index (κ1) is 46.7. The number of hydrogen-bond acceptors (Lipinski definition) is 9. The molecule has 2 amide bonds. The molecule has 5 aromatic rings. The maximum Gasteiger partial charge on any atom is 0.330 e. The molecule has 13 nitrogen and oxygen atoms in total. The first-order valence-electron chi connectivity index (χ1n) is 21.5. The molecule has 0 radical (unpaired) electrons. The van der Waals surface area contributed by atoms with Crippen molar-refractivity contribution < 1.29 is 33.0 Å². The Hall–Kier alpha value is -5.80. The summed E-state index contributed by atoms with van der Waals surface area (Å²) in [6.07, 6.45) is 0.669. The molecule has 63 heavy (non-hydrogen) atoms. The van der Waals surface area contributed by atoms with Gasteiger partial charge >= 0.3 is 5.69 Å². The summed E-state index contributed by atoms with van der Waals surface area (Å²) < 4.78 is 34.4. The van der Waals surface area contributed by atoms with Crippen LogP contribution < -0.4 is 36.5 Å². The van der Waals surface area contributed by atoms with Crippen LogP contribution in [0.4, 0.5) is 0 Å². The molecule has 334 valence electrons. The average Bonchev–Trinajstić information content (AvgIpc) is 3.70. The normalized spacial score (nSPS) is 16.6. The van der Waals surface area contributed by atoms with Gasteiger partial charge in [-0.3, -0.25) is 23.9 Å². The lowest BCUT2D eigenvalue weighted by Crippen LogP contribution is -2.59. The molecule has 0 saturated carbocycles. The molecule has 1 unspecified atom stereocenters. The van der Waals surface area contributed by atoms with E-state index in [9.17, 15) is 19.2 Å². The number of benzene rings is 4. The molecule has 3 atom stereocenters. The molecule has 0 bridgehead atoms. The predicted octanol–water partition coefficient (Wildman–Crippen LogP) is 6.47. The molecule has 0 spiro atoms. The van der Waals surface area contributed by atoms with Gasteiger partial charge in [-0.05, 0) is 82.7 Å². The summed E-state index contributed by atoms with van der Waals surface area (Å²) in [7, 11) is 1.88. The van der Waals surface area contributed by atoms with Gasteiger partial charge < -0.3 is 34.0 Å². The Morgan fingerprint density at radius 1 is 0.841 bits per heavy atom. The lowest BCUT2D eigenvalue weighted by atomic mass is 9.80. The Balaban J connectivity index is 1.41. The van der Waals surface area contributed by atoms with Crippen LogP contribution in [0.5, 0.6) is 11.5 Å². The number of carbonyl (C=O) groups is 2. The van der Waals surface area contributed by atoms with Crippen LogP contribution in [-0.4, -0.2) is 76.3 Å². The smallest absolute Gasteiger partial charge is 0.330 e. The van der Waals surface area contributed by atoms with Gasteiger partial charge in [0, 0.05) is 43.8 Å². The Morgan fingerprint density at radius 2 is 1.41 bits per heavy atom. The number of amides is 2. The second-order valence-electron chi connectivity index (χ2n) is 16.5. The molecule has 2 heterocycles. The van der Waals surface area contributed by atoms with Crippen LogP contribution in [0.15, 0.2) is 119 Å². The summed E-state index contributed by atoms with van der Waals surface area (Å²) in [6.45, 7) is 10.7. The van der Waals surface area contributed by atoms with Crippen molar-refractivity contribution in [2.24, 2.45) is 0 Å². The van der Waals surface area contributed by atoms with Crippen LogP contribution in [0, 0.1) is 6.92 Å². The van der Waals surface area contributed by atoms with Crippen LogP contribution in [0.3, 0.4) is 0 Å². The molecule has 3 N–H and O–H groups in total. The summed E-state index contributed by atoms with van der Waals surface area (Å²) in [5.74, 6) is 1.10. The summed E-state index contributed by atoms with van der Waals surface area (Å²) >= 11 is 0. The lowest BCUT2D eigenvalue weighted by Gasteiger charge is -2.42. The standard InChI is InChI=1S/C49H60N4O9Si/c1-32(2)63(33(3)4,41-26-16-35(17-27-41)47(56)51-28-12-15-44(54)50-6)62-42-29-45(53-30-34(5)46(55)52-48(53)57)61-43(42)31-60-49(36-13-10-9-11-14-36,37-18-22-39(58-7)23-19-37)38-20-24-40(59-8)25-21-38/h9-11,13-14,16-27,30,32-33,42-43,45H,12,15,28-29,31H2,1-8H3,(H,50,54)(H,51,56)(H,52,55,57)/t42?,43-,45-/m1/s1. The van der Waals surface area contributed by atoms with E-state index in [0.29, 0.717) is 48.4 Å². The van der Waals surface area contributed by atoms with E-state index in [0.717, 1.165) is 21.9 Å². The van der Waals surface area contributed by atoms with Gasteiger partial charge in [0.1, 0.15) is 29.4 Å². The molecule has 1 fully saturated rings. The van der Waals surface area contributed by atoms with E-state index in [-0.39, 0.29) is 29.5 Å². The van der Waals surface area contributed by atoms with E-state index in [1.807, 2.05) is 103 Å². The number of rotatable bonds is 19. The summed E-state index contributed by atoms with van der Waals surface area (Å²) in [5, 5.41) is 6.53. The first-order valence-corrected chi connectivity index (χ1v) is 23.6. The zero-order valence-electron chi connectivity index (χ0n) is 37.4. The molecule has 14 heteroatoms. The second-order valence-corrected chi connectivity index (χ2v) is 21.2. The second kappa shape index (κ2) is 20.6. The number of aromatic amines is 1. The summed E-state index contributed by atoms with van der Waals surface area (Å²) in [4.78, 5) is 53.1. The van der Waals surface area contributed by atoms with Crippen molar-refractivity contribution >= 4 is 25.3 Å². The van der Waals surface area contributed by atoms with Crippen LogP contribution >= 0.6 is 0 Å². The highest BCUT2D eigenvalue weighted by Gasteiger charge is 2.51. The van der Waals surface area contributed by atoms with E-state index in [1.165, 1.54) is 10.8 Å². The minimum Gasteiger partial charge on any atom is -0.497 e. The van der Waals surface area contributed by atoms with Crippen molar-refractivity contribution in [3.8, 4) is 11.5 Å². The monoisotopic (exact) mass is 876 g/mol. The minimum absolute atomic E-state index is 0.0465. The molecule has 1 aromatic heterocycles. The Morgan fingerprint density at radius 3 is 1.95 bits per heavy atom. The Kier molecular flexibility index (Phi) is 15.3. The van der Waals surface area contributed by atoms with Gasteiger partial charge in [0.2, 0.25) is 14.2 Å². The maximum absolute atomic E-state index is 13.4. The largest absolute Gasteiger partial charge is 0.497 e. The molecule has 6 rings (SSSR count). The van der Waals surface area contributed by atoms with Crippen LogP contribution in [0.2, 0.25) is 11.1 Å². The van der Waals surface area contributed by atoms with Crippen molar-refractivity contribution in [2.75, 3.05) is 34.4 Å². The number of aryl methyl sites for hydroxylation is 1. The third-order valence-electron chi connectivity index (χ3n) is 12.1. The number of ether oxygens (including phenoxy) is 4. The predicted molar refractivity (Wildman–Crippen MR) is 245 cm³/mol. The van der Waals surface area contributed by atoms with Gasteiger partial charge in [-0.15, -0.1) is 0 Å². The van der Waals surface area contributed by atoms with E-state index < -0.39 is 43.6 Å². The third kappa shape index (κ3) is 10.0. The zero-order chi connectivity index (χ0) is 45.3. The first-order chi connectivity index (χ1) is 30.3.